The minimum absolute atomic E-state index is 0.246. The third-order valence-corrected chi connectivity index (χ3v) is 8.44. The molecule has 0 aromatic rings. The molecule has 2 bridgehead atoms. The highest BCUT2D eigenvalue weighted by atomic mass is 16.5. The highest BCUT2D eigenvalue weighted by molar-refractivity contribution is 5.22. The molecule has 1 spiro atoms. The van der Waals surface area contributed by atoms with E-state index in [0.29, 0.717) is 17.3 Å². The van der Waals surface area contributed by atoms with E-state index in [4.69, 9.17) is 0 Å². The highest BCUT2D eigenvalue weighted by Gasteiger charge is 2.66. The topological polar surface area (TPSA) is 40.5 Å². The fraction of sp³-hybridized carbons (Fsp3) is 0.900. The van der Waals surface area contributed by atoms with Gasteiger partial charge in [0.1, 0.15) is 0 Å². The fourth-order valence-corrected chi connectivity index (χ4v) is 7.68. The lowest BCUT2D eigenvalue weighted by Crippen LogP contribution is -2.61. The molecular weight excluding hydrogens is 272 g/mol. The maximum Gasteiger partial charge on any atom is 0.157 e. The van der Waals surface area contributed by atoms with E-state index in [1.54, 1.807) is 0 Å². The minimum Gasteiger partial charge on any atom is -0.368 e. The summed E-state index contributed by atoms with van der Waals surface area (Å²) in [5.74, 6) is 1.68. The Hall–Kier alpha value is -0.340. The van der Waals surface area contributed by atoms with Gasteiger partial charge in [-0.25, -0.2) is 0 Å². The third kappa shape index (κ3) is 1.74. The molecule has 0 aromatic carbocycles. The predicted molar refractivity (Wildman–Crippen MR) is 88.0 cm³/mol. The summed E-state index contributed by atoms with van der Waals surface area (Å²) in [6.07, 6.45) is 9.58. The molecule has 0 unspecified atom stereocenters. The number of hydrogen-bond acceptors (Lipinski definition) is 2. The maximum atomic E-state index is 10.6. The lowest BCUT2D eigenvalue weighted by atomic mass is 9.40. The number of hydrogen-bond donors (Lipinski definition) is 2. The van der Waals surface area contributed by atoms with Gasteiger partial charge in [-0.3, -0.25) is 0 Å². The summed E-state index contributed by atoms with van der Waals surface area (Å²) in [5.41, 5.74) is 1.79. The first-order valence-electron chi connectivity index (χ1n) is 9.36. The quantitative estimate of drug-likeness (QED) is 0.561. The number of aliphatic hydroxyl groups excluding tert-OH is 1. The molecule has 0 amide bonds. The van der Waals surface area contributed by atoms with E-state index >= 15 is 0 Å². The number of aliphatic hydroxyl groups is 2. The molecule has 0 radical (unpaired) electrons. The van der Waals surface area contributed by atoms with Gasteiger partial charge in [-0.05, 0) is 80.0 Å². The van der Waals surface area contributed by atoms with Crippen LogP contribution in [0.3, 0.4) is 0 Å². The van der Waals surface area contributed by atoms with Gasteiger partial charge in [0, 0.05) is 5.41 Å². The molecule has 124 valence electrons. The van der Waals surface area contributed by atoms with Crippen molar-refractivity contribution in [1.29, 1.82) is 0 Å². The lowest BCUT2D eigenvalue weighted by Gasteiger charge is -2.65. The molecule has 0 aromatic heterocycles. The van der Waals surface area contributed by atoms with E-state index in [2.05, 4.69) is 20.4 Å². The molecule has 4 aliphatic carbocycles. The second-order valence-electron chi connectivity index (χ2n) is 9.65. The van der Waals surface area contributed by atoms with Gasteiger partial charge >= 0.3 is 0 Å². The molecule has 22 heavy (non-hydrogen) atoms. The zero-order valence-corrected chi connectivity index (χ0v) is 14.3. The standard InChI is InChI=1S/C20H32O2/c1-13-11-19-10-7-15-18(2,3)8-4-9-20(15,17(21)22)16(19)6-5-14(13)12-19/h14-17,21-22H,1,4-12H2,2-3H3/t14-,15-,16+,19+,20-/m0/s1. The Bertz CT molecular complexity index is 494. The summed E-state index contributed by atoms with van der Waals surface area (Å²) in [7, 11) is 0. The van der Waals surface area contributed by atoms with Crippen molar-refractivity contribution in [3.05, 3.63) is 12.2 Å². The van der Waals surface area contributed by atoms with Gasteiger partial charge in [-0.15, -0.1) is 0 Å². The average Bonchev–Trinajstić information content (AvgIpc) is 2.67. The minimum atomic E-state index is -1.15. The first-order chi connectivity index (χ1) is 10.3. The summed E-state index contributed by atoms with van der Waals surface area (Å²) < 4.78 is 0. The number of fused-ring (bicyclic) bond motifs is 3. The monoisotopic (exact) mass is 304 g/mol. The van der Waals surface area contributed by atoms with E-state index in [-0.39, 0.29) is 10.8 Å². The maximum absolute atomic E-state index is 10.6. The normalized spacial score (nSPS) is 49.9. The van der Waals surface area contributed by atoms with Gasteiger partial charge < -0.3 is 10.2 Å². The molecule has 2 nitrogen and oxygen atoms in total. The van der Waals surface area contributed by atoms with Crippen molar-refractivity contribution in [2.45, 2.75) is 77.9 Å². The van der Waals surface area contributed by atoms with Crippen molar-refractivity contribution in [2.75, 3.05) is 0 Å². The van der Waals surface area contributed by atoms with Crippen LogP contribution >= 0.6 is 0 Å². The van der Waals surface area contributed by atoms with E-state index in [0.717, 1.165) is 25.2 Å². The fourth-order valence-electron chi connectivity index (χ4n) is 7.68. The highest BCUT2D eigenvalue weighted by Crippen LogP contribution is 2.72. The first kappa shape index (κ1) is 15.2. The van der Waals surface area contributed by atoms with Crippen LogP contribution in [0.15, 0.2) is 12.2 Å². The van der Waals surface area contributed by atoms with E-state index < -0.39 is 6.29 Å². The van der Waals surface area contributed by atoms with E-state index in [9.17, 15) is 10.2 Å². The van der Waals surface area contributed by atoms with Gasteiger partial charge in [0.2, 0.25) is 0 Å². The molecule has 4 fully saturated rings. The van der Waals surface area contributed by atoms with Crippen molar-refractivity contribution in [1.82, 2.24) is 0 Å². The molecular formula is C20H32O2. The molecule has 0 aliphatic heterocycles. The number of allylic oxidation sites excluding steroid dienone is 1. The Balaban J connectivity index is 1.80. The lowest BCUT2D eigenvalue weighted by molar-refractivity contribution is -0.262. The van der Waals surface area contributed by atoms with Gasteiger partial charge in [-0.2, -0.15) is 0 Å². The van der Waals surface area contributed by atoms with Crippen molar-refractivity contribution in [2.24, 2.45) is 34.0 Å². The van der Waals surface area contributed by atoms with Crippen LogP contribution in [0.5, 0.6) is 0 Å². The Morgan fingerprint density at radius 2 is 1.82 bits per heavy atom. The Morgan fingerprint density at radius 3 is 2.55 bits per heavy atom. The molecule has 0 heterocycles. The summed E-state index contributed by atoms with van der Waals surface area (Å²) in [5, 5.41) is 21.1. The van der Waals surface area contributed by atoms with Gasteiger partial charge in [0.15, 0.2) is 6.29 Å². The average molecular weight is 304 g/mol. The second kappa shape index (κ2) is 4.60. The summed E-state index contributed by atoms with van der Waals surface area (Å²) in [4.78, 5) is 0. The Morgan fingerprint density at radius 1 is 1.05 bits per heavy atom. The van der Waals surface area contributed by atoms with Crippen LogP contribution < -0.4 is 0 Å². The van der Waals surface area contributed by atoms with Crippen molar-refractivity contribution in [3.63, 3.8) is 0 Å². The van der Waals surface area contributed by atoms with Crippen molar-refractivity contribution in [3.8, 4) is 0 Å². The Kier molecular flexibility index (Phi) is 3.18. The summed E-state index contributed by atoms with van der Waals surface area (Å²) in [6, 6.07) is 0. The van der Waals surface area contributed by atoms with E-state index in [1.807, 2.05) is 0 Å². The summed E-state index contributed by atoms with van der Waals surface area (Å²) in [6.45, 7) is 9.09. The zero-order chi connectivity index (χ0) is 15.8. The van der Waals surface area contributed by atoms with Crippen molar-refractivity contribution >= 4 is 0 Å². The smallest absolute Gasteiger partial charge is 0.157 e. The molecule has 4 rings (SSSR count). The van der Waals surface area contributed by atoms with Gasteiger partial charge in [0.25, 0.3) is 0 Å². The Labute approximate surface area is 135 Å². The number of rotatable bonds is 1. The van der Waals surface area contributed by atoms with Crippen LogP contribution in [0.25, 0.3) is 0 Å². The molecule has 2 heteroatoms. The predicted octanol–water partition coefficient (Wildman–Crippen LogP) is 4.27. The van der Waals surface area contributed by atoms with Gasteiger partial charge in [0.05, 0.1) is 0 Å². The molecule has 2 N–H and O–H groups in total. The van der Waals surface area contributed by atoms with Gasteiger partial charge in [-0.1, -0.05) is 32.4 Å². The van der Waals surface area contributed by atoms with Crippen LogP contribution in [-0.2, 0) is 0 Å². The van der Waals surface area contributed by atoms with Crippen LogP contribution in [0.1, 0.15) is 71.6 Å². The summed E-state index contributed by atoms with van der Waals surface area (Å²) >= 11 is 0. The van der Waals surface area contributed by atoms with Crippen molar-refractivity contribution < 1.29 is 10.2 Å². The zero-order valence-electron chi connectivity index (χ0n) is 14.3. The molecule has 4 aliphatic rings. The van der Waals surface area contributed by atoms with Crippen LogP contribution in [0.2, 0.25) is 0 Å². The van der Waals surface area contributed by atoms with Crippen LogP contribution in [0.4, 0.5) is 0 Å². The van der Waals surface area contributed by atoms with E-state index in [1.165, 1.54) is 44.1 Å². The molecule has 5 atom stereocenters. The van der Waals surface area contributed by atoms with Crippen LogP contribution in [0, 0.1) is 34.0 Å². The third-order valence-electron chi connectivity index (χ3n) is 8.44. The van der Waals surface area contributed by atoms with Crippen LogP contribution in [-0.4, -0.2) is 16.5 Å². The SMILES string of the molecule is C=C1C[C@@]23CC[C@H]4C(C)(C)CCC[C@@]4(C(O)O)[C@@H]2CC[C@H]1C3. The molecule has 0 saturated heterocycles. The first-order valence-corrected chi connectivity index (χ1v) is 9.36. The largest absolute Gasteiger partial charge is 0.368 e. The molecule has 4 saturated carbocycles. The second-order valence-corrected chi connectivity index (χ2v) is 9.65.